The molecule has 1 aromatic carbocycles. The Labute approximate surface area is 87.2 Å². The number of carboxylic acid groups (broad SMARTS) is 1. The minimum absolute atomic E-state index is 0.414. The predicted molar refractivity (Wildman–Crippen MR) is 50.9 cm³/mol. The van der Waals surface area contributed by atoms with Gasteiger partial charge in [-0.15, -0.1) is 0 Å². The minimum Gasteiger partial charge on any atom is -0.476 e. The van der Waals surface area contributed by atoms with Gasteiger partial charge in [-0.05, 0) is 5.56 Å². The summed E-state index contributed by atoms with van der Waals surface area (Å²) in [4.78, 5) is 10.1. The van der Waals surface area contributed by atoms with Gasteiger partial charge in [-0.25, -0.2) is 4.79 Å². The van der Waals surface area contributed by atoms with E-state index >= 15 is 0 Å². The maximum Gasteiger partial charge on any atom is 0.415 e. The Morgan fingerprint density at radius 3 is 2.33 bits per heavy atom. The minimum atomic E-state index is -4.20. The summed E-state index contributed by atoms with van der Waals surface area (Å²) in [7, 11) is -2.74. The topological polar surface area (TPSA) is 54.4 Å². The molecule has 0 saturated carbocycles. The normalized spacial score (nSPS) is 13.5. The second-order valence-electron chi connectivity index (χ2n) is 2.80. The summed E-state index contributed by atoms with van der Waals surface area (Å²) in [5, 5.41) is 3.95. The lowest BCUT2D eigenvalue weighted by molar-refractivity contribution is -0.153. The highest BCUT2D eigenvalue weighted by Crippen LogP contribution is 2.21. The number of benzene rings is 1. The molecule has 1 N–H and O–H groups in total. The average molecular weight is 234 g/mol. The predicted octanol–water partition coefficient (Wildman–Crippen LogP) is 1.61. The molecule has 15 heavy (non-hydrogen) atoms. The van der Waals surface area contributed by atoms with Crippen LogP contribution < -0.4 is 0 Å². The molecule has 0 saturated heterocycles. The molecule has 1 unspecified atom stereocenters. The second kappa shape index (κ2) is 4.48. The van der Waals surface area contributed by atoms with Gasteiger partial charge in [0.15, 0.2) is 0 Å². The lowest BCUT2D eigenvalue weighted by Gasteiger charge is -2.10. The van der Waals surface area contributed by atoms with E-state index in [1.807, 2.05) is 0 Å². The lowest BCUT2D eigenvalue weighted by atomic mass is 10.2. The maximum atomic E-state index is 12.7. The summed E-state index contributed by atoms with van der Waals surface area (Å²) in [5.74, 6) is -2.84. The number of alkyl halides is 2. The molecule has 1 aromatic rings. The van der Waals surface area contributed by atoms with Crippen LogP contribution in [-0.4, -0.2) is 20.5 Å². The van der Waals surface area contributed by atoms with E-state index < -0.39 is 27.8 Å². The number of carbonyl (C=O) groups is 1. The fraction of sp³-hybridized carbons (Fsp3) is 0.222. The second-order valence-corrected chi connectivity index (χ2v) is 4.29. The van der Waals surface area contributed by atoms with Crippen molar-refractivity contribution >= 4 is 16.8 Å². The molecule has 0 aromatic heterocycles. The van der Waals surface area contributed by atoms with Gasteiger partial charge in [-0.3, -0.25) is 4.21 Å². The van der Waals surface area contributed by atoms with Crippen LogP contribution in [0.1, 0.15) is 5.56 Å². The van der Waals surface area contributed by atoms with Crippen molar-refractivity contribution in [3.63, 3.8) is 0 Å². The van der Waals surface area contributed by atoms with Crippen molar-refractivity contribution in [2.24, 2.45) is 0 Å². The van der Waals surface area contributed by atoms with Crippen LogP contribution in [0.25, 0.3) is 0 Å². The third kappa shape index (κ3) is 2.82. The summed E-state index contributed by atoms with van der Waals surface area (Å²) in [6, 6.07) is 7.91. The first kappa shape index (κ1) is 11.8. The first-order valence-electron chi connectivity index (χ1n) is 3.98. The van der Waals surface area contributed by atoms with Gasteiger partial charge in [0.2, 0.25) is 0 Å². The Hall–Kier alpha value is -1.30. The number of halogens is 2. The lowest BCUT2D eigenvalue weighted by Crippen LogP contribution is -2.34. The number of aliphatic carboxylic acids is 1. The SMILES string of the molecule is O=C(O)C(F)(F)S(=O)Cc1ccccc1. The number of rotatable bonds is 4. The van der Waals surface area contributed by atoms with Crippen LogP contribution in [-0.2, 0) is 21.3 Å². The molecule has 82 valence electrons. The quantitative estimate of drug-likeness (QED) is 0.861. The van der Waals surface area contributed by atoms with E-state index in [0.717, 1.165) is 0 Å². The Balaban J connectivity index is 2.77. The molecule has 0 heterocycles. The van der Waals surface area contributed by atoms with E-state index in [1.165, 1.54) is 12.1 Å². The largest absolute Gasteiger partial charge is 0.476 e. The summed E-state index contributed by atoms with van der Waals surface area (Å²) >= 11 is 0. The molecule has 0 amide bonds. The van der Waals surface area contributed by atoms with Crippen molar-refractivity contribution in [3.8, 4) is 0 Å². The van der Waals surface area contributed by atoms with Gasteiger partial charge in [0.25, 0.3) is 0 Å². The zero-order chi connectivity index (χ0) is 11.5. The molecule has 0 aliphatic carbocycles. The number of hydrogen-bond acceptors (Lipinski definition) is 2. The van der Waals surface area contributed by atoms with Crippen molar-refractivity contribution in [1.29, 1.82) is 0 Å². The van der Waals surface area contributed by atoms with Gasteiger partial charge in [0.05, 0.1) is 5.75 Å². The zero-order valence-electron chi connectivity index (χ0n) is 7.52. The van der Waals surface area contributed by atoms with Gasteiger partial charge in [0.1, 0.15) is 10.8 Å². The summed E-state index contributed by atoms with van der Waals surface area (Å²) in [5.41, 5.74) is 0.414. The highest BCUT2D eigenvalue weighted by Gasteiger charge is 2.45. The van der Waals surface area contributed by atoms with Gasteiger partial charge >= 0.3 is 11.2 Å². The highest BCUT2D eigenvalue weighted by atomic mass is 32.2. The molecular weight excluding hydrogens is 226 g/mol. The van der Waals surface area contributed by atoms with Gasteiger partial charge in [-0.1, -0.05) is 30.3 Å². The van der Waals surface area contributed by atoms with E-state index in [9.17, 15) is 17.8 Å². The molecule has 0 spiro atoms. The van der Waals surface area contributed by atoms with E-state index in [0.29, 0.717) is 5.56 Å². The average Bonchev–Trinajstić information content (AvgIpc) is 2.18. The molecule has 1 atom stereocenters. The maximum absolute atomic E-state index is 12.7. The van der Waals surface area contributed by atoms with E-state index in [1.54, 1.807) is 18.2 Å². The molecule has 0 aliphatic heterocycles. The van der Waals surface area contributed by atoms with E-state index in [-0.39, 0.29) is 0 Å². The van der Waals surface area contributed by atoms with E-state index in [4.69, 9.17) is 5.11 Å². The van der Waals surface area contributed by atoms with Crippen molar-refractivity contribution in [1.82, 2.24) is 0 Å². The van der Waals surface area contributed by atoms with Gasteiger partial charge in [-0.2, -0.15) is 8.78 Å². The number of carboxylic acids is 1. The zero-order valence-corrected chi connectivity index (χ0v) is 8.34. The Morgan fingerprint density at radius 1 is 1.33 bits per heavy atom. The van der Waals surface area contributed by atoms with Crippen LogP contribution in [0.3, 0.4) is 0 Å². The van der Waals surface area contributed by atoms with Crippen LogP contribution in [0.5, 0.6) is 0 Å². The van der Waals surface area contributed by atoms with Crippen LogP contribution in [0.2, 0.25) is 0 Å². The van der Waals surface area contributed by atoms with Crippen molar-refractivity contribution in [3.05, 3.63) is 35.9 Å². The molecule has 0 radical (unpaired) electrons. The molecule has 3 nitrogen and oxygen atoms in total. The standard InChI is InChI=1S/C9H8F2O3S/c10-9(11,8(12)13)15(14)6-7-4-2-1-3-5-7/h1-5H,6H2,(H,12,13). The molecule has 0 aliphatic rings. The molecular formula is C9H8F2O3S. The fourth-order valence-corrected chi connectivity index (χ4v) is 1.78. The van der Waals surface area contributed by atoms with Crippen LogP contribution in [0.15, 0.2) is 30.3 Å². The third-order valence-corrected chi connectivity index (χ3v) is 3.02. The molecule has 0 fully saturated rings. The molecule has 6 heteroatoms. The van der Waals surface area contributed by atoms with Crippen molar-refractivity contribution in [2.75, 3.05) is 0 Å². The smallest absolute Gasteiger partial charge is 0.415 e. The Morgan fingerprint density at radius 2 is 1.87 bits per heavy atom. The van der Waals surface area contributed by atoms with Gasteiger partial charge < -0.3 is 5.11 Å². The van der Waals surface area contributed by atoms with Crippen molar-refractivity contribution < 1.29 is 22.9 Å². The van der Waals surface area contributed by atoms with Crippen LogP contribution in [0.4, 0.5) is 8.78 Å². The molecule has 0 bridgehead atoms. The summed E-state index contributed by atoms with van der Waals surface area (Å²) in [6.07, 6.45) is 0. The summed E-state index contributed by atoms with van der Waals surface area (Å²) in [6.45, 7) is 0. The van der Waals surface area contributed by atoms with Crippen LogP contribution >= 0.6 is 0 Å². The van der Waals surface area contributed by atoms with Gasteiger partial charge in [0, 0.05) is 0 Å². The summed E-state index contributed by atoms with van der Waals surface area (Å²) < 4.78 is 36.5. The first-order chi connectivity index (χ1) is 6.94. The Kier molecular flexibility index (Phi) is 3.52. The van der Waals surface area contributed by atoms with Crippen LogP contribution in [0, 0.1) is 0 Å². The monoisotopic (exact) mass is 234 g/mol. The third-order valence-electron chi connectivity index (χ3n) is 1.68. The highest BCUT2D eigenvalue weighted by molar-refractivity contribution is 7.86. The van der Waals surface area contributed by atoms with E-state index in [2.05, 4.69) is 0 Å². The Bertz CT molecular complexity index is 378. The first-order valence-corrected chi connectivity index (χ1v) is 5.30. The fourth-order valence-electron chi connectivity index (χ4n) is 0.914. The molecule has 1 rings (SSSR count). The number of hydrogen-bond donors (Lipinski definition) is 1. The van der Waals surface area contributed by atoms with Crippen molar-refractivity contribution in [2.45, 2.75) is 11.0 Å².